The lowest BCUT2D eigenvalue weighted by molar-refractivity contribution is -0.0704. The Labute approximate surface area is 100 Å². The standard InChI is InChI=1S/C13H16O4/c1-9-4-11-12(17-8-16-11)5-10(9)13(2-3-14)6-15-7-13/h4-5,14H,2-3,6-8H2,1H3. The summed E-state index contributed by atoms with van der Waals surface area (Å²) in [5, 5.41) is 9.20. The summed E-state index contributed by atoms with van der Waals surface area (Å²) in [5.74, 6) is 1.61. The van der Waals surface area contributed by atoms with Gasteiger partial charge in [0.15, 0.2) is 11.5 Å². The summed E-state index contributed by atoms with van der Waals surface area (Å²) in [7, 11) is 0. The molecule has 0 aliphatic carbocycles. The van der Waals surface area contributed by atoms with Crippen LogP contribution in [-0.2, 0) is 10.2 Å². The molecule has 0 spiro atoms. The topological polar surface area (TPSA) is 47.9 Å². The van der Waals surface area contributed by atoms with Gasteiger partial charge in [-0.2, -0.15) is 0 Å². The molecule has 4 heteroatoms. The van der Waals surface area contributed by atoms with E-state index in [2.05, 4.69) is 6.92 Å². The van der Waals surface area contributed by atoms with Gasteiger partial charge in [-0.1, -0.05) is 0 Å². The molecule has 2 aliphatic heterocycles. The third-order valence-corrected chi connectivity index (χ3v) is 3.64. The van der Waals surface area contributed by atoms with Crippen molar-refractivity contribution >= 4 is 0 Å². The van der Waals surface area contributed by atoms with E-state index in [0.717, 1.165) is 17.9 Å². The van der Waals surface area contributed by atoms with Gasteiger partial charge in [0.1, 0.15) is 0 Å². The van der Waals surface area contributed by atoms with Crippen LogP contribution >= 0.6 is 0 Å². The van der Waals surface area contributed by atoms with Crippen LogP contribution in [0.3, 0.4) is 0 Å². The van der Waals surface area contributed by atoms with E-state index in [1.807, 2.05) is 12.1 Å². The molecular weight excluding hydrogens is 220 g/mol. The maximum Gasteiger partial charge on any atom is 0.231 e. The van der Waals surface area contributed by atoms with Gasteiger partial charge in [-0.15, -0.1) is 0 Å². The van der Waals surface area contributed by atoms with Gasteiger partial charge in [0, 0.05) is 12.0 Å². The number of hydrogen-bond acceptors (Lipinski definition) is 4. The summed E-state index contributed by atoms with van der Waals surface area (Å²) < 4.78 is 16.1. The summed E-state index contributed by atoms with van der Waals surface area (Å²) in [6.07, 6.45) is 0.730. The van der Waals surface area contributed by atoms with Crippen molar-refractivity contribution < 1.29 is 19.3 Å². The highest BCUT2D eigenvalue weighted by atomic mass is 16.7. The molecular formula is C13H16O4. The van der Waals surface area contributed by atoms with Gasteiger partial charge in [-0.05, 0) is 36.6 Å². The molecule has 1 saturated heterocycles. The van der Waals surface area contributed by atoms with Crippen LogP contribution in [0, 0.1) is 6.92 Å². The quantitative estimate of drug-likeness (QED) is 0.861. The van der Waals surface area contributed by atoms with Crippen molar-refractivity contribution in [1.82, 2.24) is 0 Å². The predicted molar refractivity (Wildman–Crippen MR) is 61.5 cm³/mol. The molecule has 0 saturated carbocycles. The van der Waals surface area contributed by atoms with Crippen molar-refractivity contribution in [1.29, 1.82) is 0 Å². The molecule has 0 radical (unpaired) electrons. The molecule has 0 unspecified atom stereocenters. The highest BCUT2D eigenvalue weighted by Crippen LogP contribution is 2.43. The number of fused-ring (bicyclic) bond motifs is 1. The van der Waals surface area contributed by atoms with Crippen LogP contribution in [0.25, 0.3) is 0 Å². The van der Waals surface area contributed by atoms with Crippen molar-refractivity contribution in [2.75, 3.05) is 26.6 Å². The van der Waals surface area contributed by atoms with Gasteiger partial charge in [0.25, 0.3) is 0 Å². The Balaban J connectivity index is 2.02. The monoisotopic (exact) mass is 236 g/mol. The number of aliphatic hydroxyl groups excluding tert-OH is 1. The van der Waals surface area contributed by atoms with Gasteiger partial charge >= 0.3 is 0 Å². The highest BCUT2D eigenvalue weighted by Gasteiger charge is 2.41. The maximum absolute atomic E-state index is 9.20. The molecule has 1 aromatic rings. The molecule has 1 N–H and O–H groups in total. The van der Waals surface area contributed by atoms with Crippen molar-refractivity contribution in [2.45, 2.75) is 18.8 Å². The smallest absolute Gasteiger partial charge is 0.231 e. The normalized spacial score (nSPS) is 20.1. The van der Waals surface area contributed by atoms with Crippen LogP contribution in [0.5, 0.6) is 11.5 Å². The molecule has 4 nitrogen and oxygen atoms in total. The first-order valence-corrected chi connectivity index (χ1v) is 5.84. The SMILES string of the molecule is Cc1cc2c(cc1C1(CCO)COC1)OCO2. The average molecular weight is 236 g/mol. The molecule has 1 fully saturated rings. The number of benzene rings is 1. The molecule has 3 rings (SSSR count). The molecule has 92 valence electrons. The van der Waals surface area contributed by atoms with Gasteiger partial charge in [0.05, 0.1) is 13.2 Å². The van der Waals surface area contributed by atoms with E-state index in [9.17, 15) is 5.11 Å². The van der Waals surface area contributed by atoms with Crippen LogP contribution in [-0.4, -0.2) is 31.7 Å². The van der Waals surface area contributed by atoms with Gasteiger partial charge in [-0.25, -0.2) is 0 Å². The predicted octanol–water partition coefficient (Wildman–Crippen LogP) is 1.37. The maximum atomic E-state index is 9.20. The van der Waals surface area contributed by atoms with E-state index < -0.39 is 0 Å². The Morgan fingerprint density at radius 1 is 1.24 bits per heavy atom. The zero-order chi connectivity index (χ0) is 11.9. The summed E-state index contributed by atoms with van der Waals surface area (Å²) >= 11 is 0. The van der Waals surface area contributed by atoms with E-state index in [4.69, 9.17) is 14.2 Å². The fourth-order valence-electron chi connectivity index (χ4n) is 2.61. The molecule has 0 atom stereocenters. The minimum atomic E-state index is -0.0419. The molecule has 1 aromatic carbocycles. The first-order valence-electron chi connectivity index (χ1n) is 5.84. The van der Waals surface area contributed by atoms with Crippen LogP contribution < -0.4 is 9.47 Å². The van der Waals surface area contributed by atoms with Crippen LogP contribution in [0.2, 0.25) is 0 Å². The summed E-state index contributed by atoms with van der Waals surface area (Å²) in [5.41, 5.74) is 2.34. The number of aliphatic hydroxyl groups is 1. The molecule has 17 heavy (non-hydrogen) atoms. The van der Waals surface area contributed by atoms with E-state index in [-0.39, 0.29) is 12.0 Å². The summed E-state index contributed by atoms with van der Waals surface area (Å²) in [6, 6.07) is 4.05. The third kappa shape index (κ3) is 1.59. The van der Waals surface area contributed by atoms with E-state index in [1.54, 1.807) is 0 Å². The second-order valence-corrected chi connectivity index (χ2v) is 4.77. The van der Waals surface area contributed by atoms with Crippen molar-refractivity contribution in [3.63, 3.8) is 0 Å². The van der Waals surface area contributed by atoms with Crippen LogP contribution in [0.4, 0.5) is 0 Å². The van der Waals surface area contributed by atoms with E-state index in [1.165, 1.54) is 11.1 Å². The fraction of sp³-hybridized carbons (Fsp3) is 0.538. The zero-order valence-electron chi connectivity index (χ0n) is 9.86. The fourth-order valence-corrected chi connectivity index (χ4v) is 2.61. The Morgan fingerprint density at radius 2 is 1.94 bits per heavy atom. The van der Waals surface area contributed by atoms with E-state index >= 15 is 0 Å². The molecule has 2 aliphatic rings. The number of ether oxygens (including phenoxy) is 3. The Kier molecular flexibility index (Phi) is 2.49. The lowest BCUT2D eigenvalue weighted by atomic mass is 9.74. The van der Waals surface area contributed by atoms with Crippen molar-refractivity contribution in [3.05, 3.63) is 23.3 Å². The lowest BCUT2D eigenvalue weighted by Crippen LogP contribution is -2.47. The second kappa shape index (κ2) is 3.89. The largest absolute Gasteiger partial charge is 0.454 e. The minimum absolute atomic E-state index is 0.0419. The van der Waals surface area contributed by atoms with Crippen LogP contribution in [0.15, 0.2) is 12.1 Å². The summed E-state index contributed by atoms with van der Waals surface area (Å²) in [4.78, 5) is 0. The Morgan fingerprint density at radius 3 is 2.53 bits per heavy atom. The van der Waals surface area contributed by atoms with Gasteiger partial charge in [0.2, 0.25) is 6.79 Å². The second-order valence-electron chi connectivity index (χ2n) is 4.77. The highest BCUT2D eigenvalue weighted by molar-refractivity contribution is 5.51. The first kappa shape index (κ1) is 10.9. The number of aryl methyl sites for hydroxylation is 1. The van der Waals surface area contributed by atoms with Gasteiger partial charge in [-0.3, -0.25) is 0 Å². The number of rotatable bonds is 3. The Hall–Kier alpha value is -1.26. The minimum Gasteiger partial charge on any atom is -0.454 e. The van der Waals surface area contributed by atoms with Crippen LogP contribution in [0.1, 0.15) is 17.5 Å². The van der Waals surface area contributed by atoms with Crippen molar-refractivity contribution in [3.8, 4) is 11.5 Å². The van der Waals surface area contributed by atoms with Gasteiger partial charge < -0.3 is 19.3 Å². The lowest BCUT2D eigenvalue weighted by Gasteiger charge is -2.42. The van der Waals surface area contributed by atoms with E-state index in [0.29, 0.717) is 20.0 Å². The molecule has 0 bridgehead atoms. The number of hydrogen-bond donors (Lipinski definition) is 1. The first-order chi connectivity index (χ1) is 8.25. The Bertz CT molecular complexity index is 437. The van der Waals surface area contributed by atoms with Crippen molar-refractivity contribution in [2.24, 2.45) is 0 Å². The molecule has 0 amide bonds. The molecule has 2 heterocycles. The third-order valence-electron chi connectivity index (χ3n) is 3.64. The zero-order valence-corrected chi connectivity index (χ0v) is 9.86. The molecule has 0 aromatic heterocycles. The average Bonchev–Trinajstić information content (AvgIpc) is 2.69. The summed E-state index contributed by atoms with van der Waals surface area (Å²) in [6.45, 7) is 3.88.